The molecule has 1 saturated heterocycles. The first kappa shape index (κ1) is 12.2. The van der Waals surface area contributed by atoms with E-state index in [2.05, 4.69) is 23.7 Å². The van der Waals surface area contributed by atoms with Gasteiger partial charge in [-0.15, -0.1) is 0 Å². The number of hydrogen-bond donors (Lipinski definition) is 1. The summed E-state index contributed by atoms with van der Waals surface area (Å²) < 4.78 is 0. The molecule has 1 aromatic rings. The van der Waals surface area contributed by atoms with Gasteiger partial charge in [0.05, 0.1) is 5.69 Å². The molecule has 1 aromatic heterocycles. The SMILES string of the molecule is CC1SCCN(c2ccncc2C(=O)O)C1C. The first-order chi connectivity index (χ1) is 8.11. The maximum Gasteiger partial charge on any atom is 0.339 e. The quantitative estimate of drug-likeness (QED) is 0.873. The van der Waals surface area contributed by atoms with Crippen molar-refractivity contribution in [2.45, 2.75) is 25.1 Å². The molecule has 2 unspecified atom stereocenters. The number of aromatic carboxylic acids is 1. The molecule has 4 nitrogen and oxygen atoms in total. The van der Waals surface area contributed by atoms with E-state index in [-0.39, 0.29) is 0 Å². The van der Waals surface area contributed by atoms with Crippen LogP contribution in [0, 0.1) is 0 Å². The molecule has 1 fully saturated rings. The van der Waals surface area contributed by atoms with E-state index in [1.807, 2.05) is 11.8 Å². The fraction of sp³-hybridized carbons (Fsp3) is 0.500. The lowest BCUT2D eigenvalue weighted by Crippen LogP contribution is -2.45. The lowest BCUT2D eigenvalue weighted by molar-refractivity contribution is 0.0697. The van der Waals surface area contributed by atoms with Gasteiger partial charge in [-0.1, -0.05) is 6.92 Å². The summed E-state index contributed by atoms with van der Waals surface area (Å²) in [6.45, 7) is 5.21. The molecule has 0 bridgehead atoms. The minimum absolute atomic E-state index is 0.290. The molecule has 2 rings (SSSR count). The molecule has 2 atom stereocenters. The van der Waals surface area contributed by atoms with Gasteiger partial charge in [0, 0.05) is 36.0 Å². The summed E-state index contributed by atoms with van der Waals surface area (Å²) in [6.07, 6.45) is 3.08. The molecule has 0 saturated carbocycles. The number of carboxylic acid groups (broad SMARTS) is 1. The van der Waals surface area contributed by atoms with Crippen LogP contribution in [0.1, 0.15) is 24.2 Å². The zero-order valence-corrected chi connectivity index (χ0v) is 10.8. The van der Waals surface area contributed by atoms with Gasteiger partial charge in [-0.2, -0.15) is 11.8 Å². The lowest BCUT2D eigenvalue weighted by Gasteiger charge is -2.39. The van der Waals surface area contributed by atoms with Crippen molar-refractivity contribution in [2.75, 3.05) is 17.2 Å². The van der Waals surface area contributed by atoms with E-state index in [4.69, 9.17) is 0 Å². The normalized spacial score (nSPS) is 24.7. The lowest BCUT2D eigenvalue weighted by atomic mass is 10.1. The minimum atomic E-state index is -0.911. The average molecular weight is 252 g/mol. The van der Waals surface area contributed by atoms with Gasteiger partial charge in [-0.3, -0.25) is 4.98 Å². The molecule has 1 aliphatic heterocycles. The van der Waals surface area contributed by atoms with Crippen molar-refractivity contribution in [3.8, 4) is 0 Å². The van der Waals surface area contributed by atoms with Gasteiger partial charge in [0.15, 0.2) is 0 Å². The molecule has 0 radical (unpaired) electrons. The zero-order chi connectivity index (χ0) is 12.4. The van der Waals surface area contributed by atoms with Crippen molar-refractivity contribution in [3.63, 3.8) is 0 Å². The number of pyridine rings is 1. The van der Waals surface area contributed by atoms with Crippen LogP contribution in [-0.4, -0.2) is 39.6 Å². The van der Waals surface area contributed by atoms with Crippen LogP contribution in [0.5, 0.6) is 0 Å². The molecule has 0 aromatic carbocycles. The minimum Gasteiger partial charge on any atom is -0.478 e. The second-order valence-corrected chi connectivity index (χ2v) is 5.69. The van der Waals surface area contributed by atoms with E-state index in [9.17, 15) is 9.90 Å². The number of carbonyl (C=O) groups is 1. The number of thioether (sulfide) groups is 1. The highest BCUT2D eigenvalue weighted by Gasteiger charge is 2.27. The maximum atomic E-state index is 11.2. The highest BCUT2D eigenvalue weighted by atomic mass is 32.2. The van der Waals surface area contributed by atoms with Crippen molar-refractivity contribution in [2.24, 2.45) is 0 Å². The topological polar surface area (TPSA) is 53.4 Å². The van der Waals surface area contributed by atoms with Gasteiger partial charge >= 0.3 is 5.97 Å². The number of rotatable bonds is 2. The molecular weight excluding hydrogens is 236 g/mol. The van der Waals surface area contributed by atoms with Crippen molar-refractivity contribution < 1.29 is 9.90 Å². The van der Waals surface area contributed by atoms with Crippen LogP contribution in [0.2, 0.25) is 0 Å². The number of anilines is 1. The van der Waals surface area contributed by atoms with Crippen molar-refractivity contribution in [3.05, 3.63) is 24.0 Å². The Kier molecular flexibility index (Phi) is 3.57. The summed E-state index contributed by atoms with van der Waals surface area (Å²) in [5.74, 6) is 0.124. The Morgan fingerprint density at radius 1 is 1.59 bits per heavy atom. The van der Waals surface area contributed by atoms with Crippen LogP contribution >= 0.6 is 11.8 Å². The van der Waals surface area contributed by atoms with Crippen LogP contribution in [-0.2, 0) is 0 Å². The third kappa shape index (κ3) is 2.39. The molecule has 5 heteroatoms. The van der Waals surface area contributed by atoms with Crippen LogP contribution in [0.4, 0.5) is 5.69 Å². The largest absolute Gasteiger partial charge is 0.478 e. The third-order valence-electron chi connectivity index (χ3n) is 3.22. The smallest absolute Gasteiger partial charge is 0.339 e. The Morgan fingerprint density at radius 2 is 2.35 bits per heavy atom. The second-order valence-electron chi connectivity index (χ2n) is 4.21. The fourth-order valence-corrected chi connectivity index (χ4v) is 3.17. The second kappa shape index (κ2) is 4.96. The third-order valence-corrected chi connectivity index (χ3v) is 4.56. The Balaban J connectivity index is 2.36. The fourth-order valence-electron chi connectivity index (χ4n) is 2.08. The molecule has 0 spiro atoms. The zero-order valence-electron chi connectivity index (χ0n) is 9.96. The maximum absolute atomic E-state index is 11.2. The standard InChI is InChI=1S/C12H16N2O2S/c1-8-9(2)17-6-5-14(8)11-3-4-13-7-10(11)12(15)16/h3-4,7-9H,5-6H2,1-2H3,(H,15,16). The average Bonchev–Trinajstić information content (AvgIpc) is 2.33. The van der Waals surface area contributed by atoms with Crippen LogP contribution in [0.25, 0.3) is 0 Å². The van der Waals surface area contributed by atoms with E-state index in [0.717, 1.165) is 18.0 Å². The van der Waals surface area contributed by atoms with Gasteiger partial charge in [-0.25, -0.2) is 4.79 Å². The first-order valence-corrected chi connectivity index (χ1v) is 6.71. The number of hydrogen-bond acceptors (Lipinski definition) is 4. The summed E-state index contributed by atoms with van der Waals surface area (Å²) in [5.41, 5.74) is 1.07. The highest BCUT2D eigenvalue weighted by Crippen LogP contribution is 2.30. The van der Waals surface area contributed by atoms with Gasteiger partial charge in [0.25, 0.3) is 0 Å². The summed E-state index contributed by atoms with van der Waals surface area (Å²) >= 11 is 1.93. The Bertz CT molecular complexity index is 425. The predicted molar refractivity (Wildman–Crippen MR) is 69.9 cm³/mol. The summed E-state index contributed by atoms with van der Waals surface area (Å²) in [7, 11) is 0. The predicted octanol–water partition coefficient (Wildman–Crippen LogP) is 2.11. The number of carboxylic acids is 1. The molecule has 0 amide bonds. The highest BCUT2D eigenvalue weighted by molar-refractivity contribution is 8.00. The molecule has 2 heterocycles. The molecule has 0 aliphatic carbocycles. The van der Waals surface area contributed by atoms with Gasteiger partial charge < -0.3 is 10.0 Å². The van der Waals surface area contributed by atoms with E-state index in [1.165, 1.54) is 6.20 Å². The summed E-state index contributed by atoms with van der Waals surface area (Å²) in [4.78, 5) is 17.2. The van der Waals surface area contributed by atoms with E-state index in [1.54, 1.807) is 12.3 Å². The Morgan fingerprint density at radius 3 is 3.06 bits per heavy atom. The van der Waals surface area contributed by atoms with E-state index < -0.39 is 5.97 Å². The van der Waals surface area contributed by atoms with Crippen LogP contribution in [0.15, 0.2) is 18.5 Å². The Hall–Kier alpha value is -1.23. The summed E-state index contributed by atoms with van der Waals surface area (Å²) in [5, 5.41) is 9.69. The monoisotopic (exact) mass is 252 g/mol. The first-order valence-electron chi connectivity index (χ1n) is 5.67. The van der Waals surface area contributed by atoms with Crippen molar-refractivity contribution in [1.29, 1.82) is 0 Å². The van der Waals surface area contributed by atoms with Gasteiger partial charge in [-0.05, 0) is 13.0 Å². The van der Waals surface area contributed by atoms with Crippen molar-refractivity contribution in [1.82, 2.24) is 4.98 Å². The molecule has 17 heavy (non-hydrogen) atoms. The van der Waals surface area contributed by atoms with Gasteiger partial charge in [0.2, 0.25) is 0 Å². The molecule has 1 aliphatic rings. The number of aromatic nitrogens is 1. The molecular formula is C12H16N2O2S. The van der Waals surface area contributed by atoms with E-state index >= 15 is 0 Å². The van der Waals surface area contributed by atoms with Gasteiger partial charge in [0.1, 0.15) is 5.56 Å². The summed E-state index contributed by atoms with van der Waals surface area (Å²) in [6, 6.07) is 2.14. The number of nitrogens with zero attached hydrogens (tertiary/aromatic N) is 2. The molecule has 1 N–H and O–H groups in total. The van der Waals surface area contributed by atoms with E-state index in [0.29, 0.717) is 16.9 Å². The van der Waals surface area contributed by atoms with Crippen LogP contribution < -0.4 is 4.90 Å². The Labute approximate surface area is 105 Å². The molecule has 92 valence electrons. The van der Waals surface area contributed by atoms with Crippen molar-refractivity contribution >= 4 is 23.4 Å². The van der Waals surface area contributed by atoms with Crippen LogP contribution in [0.3, 0.4) is 0 Å².